The number of anilines is 1. The summed E-state index contributed by atoms with van der Waals surface area (Å²) in [6.07, 6.45) is 10.8. The number of carbonyl (C=O) groups excluding carboxylic acids is 1. The highest BCUT2D eigenvalue weighted by Gasteiger charge is 2.18. The standard InChI is InChI=1S/C22H19N7O2S/c1-28-12-16(9-25-28)17-10-24-21(31-2)18-19(17)32-22(26-18)27-20(30)15-5-3-14(4-6-15)11-29-8-7-23-13-29/h3-10,12-13H,11H2,1-2H3,(H,26,27,30). The van der Waals surface area contributed by atoms with Gasteiger partial charge in [-0.2, -0.15) is 5.10 Å². The third-order valence-corrected chi connectivity index (χ3v) is 5.96. The number of methoxy groups -OCH3 is 1. The van der Waals surface area contributed by atoms with Gasteiger partial charge in [-0.25, -0.2) is 15.0 Å². The number of imidazole rings is 1. The lowest BCUT2D eigenvalue weighted by Gasteiger charge is -2.05. The van der Waals surface area contributed by atoms with Gasteiger partial charge in [-0.05, 0) is 17.7 Å². The Morgan fingerprint density at radius 2 is 2.06 bits per heavy atom. The van der Waals surface area contributed by atoms with Gasteiger partial charge in [0, 0.05) is 55.1 Å². The van der Waals surface area contributed by atoms with Gasteiger partial charge >= 0.3 is 0 Å². The number of thiazole rings is 1. The van der Waals surface area contributed by atoms with Gasteiger partial charge in [0.2, 0.25) is 5.88 Å². The Morgan fingerprint density at radius 1 is 1.22 bits per heavy atom. The Hall–Kier alpha value is -4.05. The van der Waals surface area contributed by atoms with E-state index >= 15 is 0 Å². The van der Waals surface area contributed by atoms with Crippen LogP contribution >= 0.6 is 11.3 Å². The van der Waals surface area contributed by atoms with Crippen LogP contribution < -0.4 is 10.1 Å². The summed E-state index contributed by atoms with van der Waals surface area (Å²) in [6, 6.07) is 7.47. The predicted octanol–water partition coefficient (Wildman–Crippen LogP) is 3.60. The molecule has 0 unspecified atom stereocenters. The second-order valence-electron chi connectivity index (χ2n) is 7.17. The molecule has 32 heavy (non-hydrogen) atoms. The minimum Gasteiger partial charge on any atom is -0.479 e. The van der Waals surface area contributed by atoms with Crippen LogP contribution in [0.1, 0.15) is 15.9 Å². The molecule has 0 radical (unpaired) electrons. The van der Waals surface area contributed by atoms with Crippen LogP contribution in [0.25, 0.3) is 21.3 Å². The summed E-state index contributed by atoms with van der Waals surface area (Å²) in [7, 11) is 3.41. The number of pyridine rings is 1. The van der Waals surface area contributed by atoms with Crippen LogP contribution in [0.3, 0.4) is 0 Å². The number of hydrogen-bond donors (Lipinski definition) is 1. The van der Waals surface area contributed by atoms with E-state index in [9.17, 15) is 4.79 Å². The molecule has 0 bridgehead atoms. The molecule has 0 saturated carbocycles. The maximum Gasteiger partial charge on any atom is 0.257 e. The molecule has 1 N–H and O–H groups in total. The van der Waals surface area contributed by atoms with Crippen molar-refractivity contribution in [3.63, 3.8) is 0 Å². The average Bonchev–Trinajstić information content (AvgIpc) is 3.55. The van der Waals surface area contributed by atoms with Crippen molar-refractivity contribution in [1.29, 1.82) is 0 Å². The van der Waals surface area contributed by atoms with Gasteiger partial charge in [0.05, 0.1) is 24.3 Å². The summed E-state index contributed by atoms with van der Waals surface area (Å²) in [5.41, 5.74) is 4.04. The van der Waals surface area contributed by atoms with Crippen molar-refractivity contribution < 1.29 is 9.53 Å². The first kappa shape index (κ1) is 19.9. The fourth-order valence-corrected chi connectivity index (χ4v) is 4.37. The number of fused-ring (bicyclic) bond motifs is 1. The highest BCUT2D eigenvalue weighted by Crippen LogP contribution is 2.38. The predicted molar refractivity (Wildman–Crippen MR) is 122 cm³/mol. The maximum absolute atomic E-state index is 12.8. The number of amides is 1. The fraction of sp³-hybridized carbons (Fsp3) is 0.136. The van der Waals surface area contributed by atoms with E-state index in [1.54, 1.807) is 48.8 Å². The van der Waals surface area contributed by atoms with Gasteiger partial charge < -0.3 is 9.30 Å². The molecule has 4 heterocycles. The minimum absolute atomic E-state index is 0.229. The number of aryl methyl sites for hydroxylation is 1. The van der Waals surface area contributed by atoms with E-state index in [-0.39, 0.29) is 5.91 Å². The molecule has 1 amide bonds. The van der Waals surface area contributed by atoms with Gasteiger partial charge in [0.15, 0.2) is 5.13 Å². The zero-order valence-corrected chi connectivity index (χ0v) is 18.2. The zero-order valence-electron chi connectivity index (χ0n) is 17.4. The quantitative estimate of drug-likeness (QED) is 0.429. The molecule has 0 spiro atoms. The number of nitrogens with zero attached hydrogens (tertiary/aromatic N) is 6. The van der Waals surface area contributed by atoms with Crippen LogP contribution in [0.5, 0.6) is 5.88 Å². The largest absolute Gasteiger partial charge is 0.479 e. The Morgan fingerprint density at radius 3 is 2.75 bits per heavy atom. The smallest absolute Gasteiger partial charge is 0.257 e. The lowest BCUT2D eigenvalue weighted by Crippen LogP contribution is -2.11. The Balaban J connectivity index is 1.40. The molecule has 5 aromatic rings. The number of ether oxygens (including phenoxy) is 1. The third-order valence-electron chi connectivity index (χ3n) is 4.96. The van der Waals surface area contributed by atoms with Gasteiger partial charge in [0.25, 0.3) is 5.91 Å². The zero-order chi connectivity index (χ0) is 22.1. The fourth-order valence-electron chi connectivity index (χ4n) is 3.38. The number of hydrogen-bond acceptors (Lipinski definition) is 7. The van der Waals surface area contributed by atoms with Crippen molar-refractivity contribution in [3.05, 3.63) is 72.7 Å². The van der Waals surface area contributed by atoms with E-state index in [1.807, 2.05) is 36.1 Å². The minimum atomic E-state index is -0.229. The first-order valence-corrected chi connectivity index (χ1v) is 10.6. The van der Waals surface area contributed by atoms with E-state index in [2.05, 4.69) is 25.4 Å². The topological polar surface area (TPSA) is 99.8 Å². The molecule has 10 heteroatoms. The highest BCUT2D eigenvalue weighted by molar-refractivity contribution is 7.23. The Labute approximate surface area is 187 Å². The SMILES string of the molecule is COc1ncc(-c2cnn(C)c2)c2sc(NC(=O)c3ccc(Cn4ccnc4)cc3)nc12. The molecule has 0 fully saturated rings. The molecule has 0 aliphatic heterocycles. The van der Waals surface area contributed by atoms with Crippen LogP contribution in [-0.2, 0) is 13.6 Å². The third kappa shape index (κ3) is 3.83. The second-order valence-corrected chi connectivity index (χ2v) is 8.17. The van der Waals surface area contributed by atoms with Crippen LogP contribution in [0.15, 0.2) is 61.6 Å². The van der Waals surface area contributed by atoms with Crippen molar-refractivity contribution in [1.82, 2.24) is 29.3 Å². The van der Waals surface area contributed by atoms with Gasteiger partial charge in [-0.1, -0.05) is 23.5 Å². The lowest BCUT2D eigenvalue weighted by molar-refractivity contribution is 0.102. The number of aromatic nitrogens is 6. The average molecular weight is 446 g/mol. The number of benzene rings is 1. The van der Waals surface area contributed by atoms with Gasteiger partial charge in [-0.15, -0.1) is 0 Å². The molecular formula is C22H19N7O2S. The van der Waals surface area contributed by atoms with Crippen molar-refractivity contribution in [2.75, 3.05) is 12.4 Å². The molecule has 0 atom stereocenters. The van der Waals surface area contributed by atoms with Crippen molar-refractivity contribution in [3.8, 4) is 17.0 Å². The normalized spacial score (nSPS) is 11.1. The number of nitrogens with one attached hydrogen (secondary N) is 1. The summed E-state index contributed by atoms with van der Waals surface area (Å²) in [5.74, 6) is 0.182. The number of rotatable bonds is 6. The van der Waals surface area contributed by atoms with E-state index in [0.717, 1.165) is 21.4 Å². The Bertz CT molecular complexity index is 1390. The molecule has 5 rings (SSSR count). The molecule has 0 aliphatic rings. The lowest BCUT2D eigenvalue weighted by atomic mass is 10.1. The van der Waals surface area contributed by atoms with Crippen LogP contribution in [0.4, 0.5) is 5.13 Å². The first-order valence-electron chi connectivity index (χ1n) is 9.79. The molecule has 1 aromatic carbocycles. The van der Waals surface area contributed by atoms with Crippen molar-refractivity contribution in [2.24, 2.45) is 7.05 Å². The highest BCUT2D eigenvalue weighted by atomic mass is 32.1. The molecule has 4 aromatic heterocycles. The molecule has 0 saturated heterocycles. The van der Waals surface area contributed by atoms with Gasteiger partial charge in [-0.3, -0.25) is 14.8 Å². The second kappa shape index (κ2) is 8.23. The molecule has 0 aliphatic carbocycles. The van der Waals surface area contributed by atoms with Crippen molar-refractivity contribution in [2.45, 2.75) is 6.54 Å². The van der Waals surface area contributed by atoms with Crippen LogP contribution in [0.2, 0.25) is 0 Å². The van der Waals surface area contributed by atoms with E-state index in [1.165, 1.54) is 11.3 Å². The first-order chi connectivity index (χ1) is 15.6. The molecular weight excluding hydrogens is 426 g/mol. The monoisotopic (exact) mass is 445 g/mol. The van der Waals surface area contributed by atoms with Gasteiger partial charge in [0.1, 0.15) is 5.52 Å². The van der Waals surface area contributed by atoms with E-state index < -0.39 is 0 Å². The summed E-state index contributed by atoms with van der Waals surface area (Å²) < 4.78 is 9.94. The maximum atomic E-state index is 12.8. The van der Waals surface area contributed by atoms with Crippen LogP contribution in [-0.4, -0.2) is 42.3 Å². The molecule has 160 valence electrons. The number of carbonyl (C=O) groups is 1. The van der Waals surface area contributed by atoms with E-state index in [0.29, 0.717) is 28.6 Å². The summed E-state index contributed by atoms with van der Waals surface area (Å²) in [4.78, 5) is 25.8. The van der Waals surface area contributed by atoms with Crippen molar-refractivity contribution >= 4 is 32.6 Å². The summed E-state index contributed by atoms with van der Waals surface area (Å²) in [5, 5.41) is 7.61. The van der Waals surface area contributed by atoms with Crippen LogP contribution in [0, 0.1) is 0 Å². The summed E-state index contributed by atoms with van der Waals surface area (Å²) >= 11 is 1.38. The summed E-state index contributed by atoms with van der Waals surface area (Å²) in [6.45, 7) is 0.698. The molecule has 9 nitrogen and oxygen atoms in total. The Kier molecular flexibility index (Phi) is 5.12. The van der Waals surface area contributed by atoms with E-state index in [4.69, 9.17) is 4.74 Å².